The van der Waals surface area contributed by atoms with Crippen molar-refractivity contribution in [3.63, 3.8) is 0 Å². The molecule has 0 unspecified atom stereocenters. The largest absolute Gasteiger partial charge is 0.115 e. The van der Waals surface area contributed by atoms with Crippen LogP contribution in [0.4, 0.5) is 0 Å². The molecule has 0 nitrogen and oxygen atoms in total. The van der Waals surface area contributed by atoms with Gasteiger partial charge in [0.15, 0.2) is 0 Å². The lowest BCUT2D eigenvalue weighted by atomic mass is 10.1. The minimum absolute atomic E-state index is 0.993. The maximum atomic E-state index is 5.30. The summed E-state index contributed by atoms with van der Waals surface area (Å²) < 4.78 is 0. The Morgan fingerprint density at radius 2 is 1.81 bits per heavy atom. The minimum Gasteiger partial charge on any atom is -0.115 e. The van der Waals surface area contributed by atoms with Crippen molar-refractivity contribution in [1.82, 2.24) is 0 Å². The maximum Gasteiger partial charge on any atom is 0.0103 e. The molecule has 0 rings (SSSR count). The van der Waals surface area contributed by atoms with Crippen molar-refractivity contribution in [1.29, 1.82) is 0 Å². The summed E-state index contributed by atoms with van der Waals surface area (Å²) in [6.45, 7) is 4.41. The van der Waals surface area contributed by atoms with E-state index in [1.165, 1.54) is 38.5 Å². The molecular formula is C16H24. The van der Waals surface area contributed by atoms with Gasteiger partial charge in [-0.25, -0.2) is 0 Å². The van der Waals surface area contributed by atoms with Gasteiger partial charge in [-0.3, -0.25) is 0 Å². The molecule has 88 valence electrons. The van der Waals surface area contributed by atoms with Gasteiger partial charge in [0.1, 0.15) is 0 Å². The van der Waals surface area contributed by atoms with Gasteiger partial charge in [0.25, 0.3) is 0 Å². The van der Waals surface area contributed by atoms with E-state index >= 15 is 0 Å². The van der Waals surface area contributed by atoms with Crippen molar-refractivity contribution >= 4 is 0 Å². The van der Waals surface area contributed by atoms with Gasteiger partial charge in [0.05, 0.1) is 0 Å². The predicted molar refractivity (Wildman–Crippen MR) is 73.0 cm³/mol. The normalized spacial score (nSPS) is 10.4. The van der Waals surface area contributed by atoms with Crippen LogP contribution in [0.1, 0.15) is 65.2 Å². The van der Waals surface area contributed by atoms with Crippen LogP contribution in [0.5, 0.6) is 0 Å². The molecule has 0 saturated heterocycles. The van der Waals surface area contributed by atoms with Gasteiger partial charge < -0.3 is 0 Å². The first-order valence-electron chi connectivity index (χ1n) is 6.49. The highest BCUT2D eigenvalue weighted by atomic mass is 14.0. The van der Waals surface area contributed by atoms with Gasteiger partial charge in [-0.05, 0) is 25.3 Å². The molecule has 0 aliphatic carbocycles. The molecule has 0 N–H and O–H groups in total. The third-order valence-electron chi connectivity index (χ3n) is 2.46. The number of unbranched alkanes of at least 4 members (excludes halogenated alkanes) is 5. The Kier molecular flexibility index (Phi) is 11.1. The van der Waals surface area contributed by atoms with E-state index in [-0.39, 0.29) is 0 Å². The predicted octanol–water partition coefficient (Wildman–Crippen LogP) is 4.71. The van der Waals surface area contributed by atoms with Crippen LogP contribution in [0.15, 0.2) is 11.6 Å². The Bertz CT molecular complexity index is 277. The number of allylic oxidation sites excluding steroid dienone is 2. The van der Waals surface area contributed by atoms with Gasteiger partial charge in [0.2, 0.25) is 0 Å². The fourth-order valence-electron chi connectivity index (χ4n) is 1.45. The van der Waals surface area contributed by atoms with Crippen molar-refractivity contribution in [3.8, 4) is 24.2 Å². The van der Waals surface area contributed by atoms with E-state index in [1.807, 2.05) is 6.08 Å². The van der Waals surface area contributed by atoms with E-state index in [0.717, 1.165) is 18.4 Å². The van der Waals surface area contributed by atoms with Crippen molar-refractivity contribution in [3.05, 3.63) is 11.6 Å². The molecular weight excluding hydrogens is 192 g/mol. The van der Waals surface area contributed by atoms with Gasteiger partial charge in [-0.15, -0.1) is 6.42 Å². The number of rotatable bonds is 7. The molecule has 0 aromatic carbocycles. The summed E-state index contributed by atoms with van der Waals surface area (Å²) in [6, 6.07) is 0. The van der Waals surface area contributed by atoms with Gasteiger partial charge in [-0.2, -0.15) is 0 Å². The summed E-state index contributed by atoms with van der Waals surface area (Å²) in [6.07, 6.45) is 16.6. The molecule has 0 aliphatic rings. The summed E-state index contributed by atoms with van der Waals surface area (Å²) in [7, 11) is 0. The zero-order valence-corrected chi connectivity index (χ0v) is 10.8. The molecule has 16 heavy (non-hydrogen) atoms. The number of terminal acetylenes is 1. The van der Waals surface area contributed by atoms with Crippen LogP contribution in [-0.4, -0.2) is 0 Å². The van der Waals surface area contributed by atoms with E-state index in [1.54, 1.807) is 0 Å². The van der Waals surface area contributed by atoms with Crippen molar-refractivity contribution in [2.75, 3.05) is 0 Å². The fraction of sp³-hybridized carbons (Fsp3) is 0.625. The van der Waals surface area contributed by atoms with Crippen LogP contribution < -0.4 is 0 Å². The number of hydrogen-bond acceptors (Lipinski definition) is 0. The summed E-state index contributed by atoms with van der Waals surface area (Å²) in [5, 5.41) is 0. The molecule has 0 aromatic heterocycles. The molecule has 0 atom stereocenters. The minimum atomic E-state index is 0.993. The van der Waals surface area contributed by atoms with E-state index in [2.05, 4.69) is 31.6 Å². The Balaban J connectivity index is 3.93. The lowest BCUT2D eigenvalue weighted by molar-refractivity contribution is 0.669. The van der Waals surface area contributed by atoms with Gasteiger partial charge in [-0.1, -0.05) is 57.3 Å². The maximum absolute atomic E-state index is 5.30. The highest BCUT2D eigenvalue weighted by Crippen LogP contribution is 2.09. The molecule has 0 aromatic rings. The Labute approximate surface area is 102 Å². The van der Waals surface area contributed by atoms with Crippen LogP contribution in [0.3, 0.4) is 0 Å². The second-order valence-electron chi connectivity index (χ2n) is 4.05. The average molecular weight is 216 g/mol. The molecule has 0 fully saturated rings. The summed E-state index contributed by atoms with van der Waals surface area (Å²) in [4.78, 5) is 0. The summed E-state index contributed by atoms with van der Waals surface area (Å²) >= 11 is 0. The SMILES string of the molecule is C#C/C=C(\C#CCCCC)CCCCCC. The smallest absolute Gasteiger partial charge is 0.0103 e. The molecule has 0 amide bonds. The van der Waals surface area contributed by atoms with Crippen molar-refractivity contribution in [2.24, 2.45) is 0 Å². The standard InChI is InChI=1S/C16H24/c1-4-7-9-11-14-16(13-6-3)15-12-10-8-5-2/h3,13H,4-5,7-11,14H2,1-2H3/b16-13-. The lowest BCUT2D eigenvalue weighted by Crippen LogP contribution is -1.82. The zero-order chi connectivity index (χ0) is 12.1. The van der Waals surface area contributed by atoms with E-state index in [4.69, 9.17) is 6.42 Å². The summed E-state index contributed by atoms with van der Waals surface area (Å²) in [5.74, 6) is 8.98. The second-order valence-corrected chi connectivity index (χ2v) is 4.05. The zero-order valence-electron chi connectivity index (χ0n) is 10.8. The van der Waals surface area contributed by atoms with Crippen LogP contribution in [0.25, 0.3) is 0 Å². The van der Waals surface area contributed by atoms with Crippen LogP contribution in [0, 0.1) is 24.2 Å². The first-order valence-corrected chi connectivity index (χ1v) is 6.49. The van der Waals surface area contributed by atoms with Crippen LogP contribution in [0.2, 0.25) is 0 Å². The lowest BCUT2D eigenvalue weighted by Gasteiger charge is -1.98. The molecule has 0 bridgehead atoms. The second kappa shape index (κ2) is 11.9. The van der Waals surface area contributed by atoms with Crippen molar-refractivity contribution < 1.29 is 0 Å². The third-order valence-corrected chi connectivity index (χ3v) is 2.46. The Morgan fingerprint density at radius 3 is 2.44 bits per heavy atom. The molecule has 0 radical (unpaired) electrons. The summed E-state index contributed by atoms with van der Waals surface area (Å²) in [5.41, 5.74) is 1.13. The molecule has 0 heteroatoms. The third kappa shape index (κ3) is 9.42. The first-order chi connectivity index (χ1) is 7.85. The topological polar surface area (TPSA) is 0 Å². The van der Waals surface area contributed by atoms with E-state index in [0.29, 0.717) is 0 Å². The van der Waals surface area contributed by atoms with Gasteiger partial charge >= 0.3 is 0 Å². The Hall–Kier alpha value is -1.14. The van der Waals surface area contributed by atoms with Crippen LogP contribution in [-0.2, 0) is 0 Å². The molecule has 0 spiro atoms. The van der Waals surface area contributed by atoms with Crippen molar-refractivity contribution in [2.45, 2.75) is 65.2 Å². The monoisotopic (exact) mass is 216 g/mol. The van der Waals surface area contributed by atoms with Crippen LogP contribution >= 0.6 is 0 Å². The molecule has 0 aliphatic heterocycles. The quantitative estimate of drug-likeness (QED) is 0.427. The average Bonchev–Trinajstić information content (AvgIpc) is 2.30. The highest BCUT2D eigenvalue weighted by molar-refractivity contribution is 5.33. The first kappa shape index (κ1) is 14.9. The fourth-order valence-corrected chi connectivity index (χ4v) is 1.45. The van der Waals surface area contributed by atoms with E-state index in [9.17, 15) is 0 Å². The molecule has 0 heterocycles. The highest BCUT2D eigenvalue weighted by Gasteiger charge is 1.93. The molecule has 0 saturated carbocycles. The van der Waals surface area contributed by atoms with E-state index < -0.39 is 0 Å². The number of hydrogen-bond donors (Lipinski definition) is 0. The Morgan fingerprint density at radius 1 is 1.06 bits per heavy atom. The van der Waals surface area contributed by atoms with Gasteiger partial charge in [0, 0.05) is 12.0 Å².